The highest BCUT2D eigenvalue weighted by Crippen LogP contribution is 2.00. The number of imidazole rings is 1. The normalized spacial score (nSPS) is 9.75. The Morgan fingerprint density at radius 1 is 1.50 bits per heavy atom. The molecule has 0 aromatic carbocycles. The number of halogens is 1. The number of aryl methyl sites for hydroxylation is 1. The van der Waals surface area contributed by atoms with E-state index in [2.05, 4.69) is 16.9 Å². The van der Waals surface area contributed by atoms with Crippen LogP contribution in [0.1, 0.15) is 12.6 Å². The van der Waals surface area contributed by atoms with Crippen LogP contribution in [0, 0.1) is 0 Å². The lowest BCUT2D eigenvalue weighted by molar-refractivity contribution is 1.00. The average Bonchev–Trinajstić information content (AvgIpc) is 2.50. The molecule has 2 rings (SSSR count). The fourth-order valence-electron chi connectivity index (χ4n) is 1.05. The first-order chi connectivity index (χ1) is 5.40. The summed E-state index contributed by atoms with van der Waals surface area (Å²) >= 11 is 0. The van der Waals surface area contributed by atoms with E-state index < -0.39 is 0 Å². The third-order valence-corrected chi connectivity index (χ3v) is 1.69. The Hall–Kier alpha value is -1.09. The molecular formula is C8H10ClN3. The maximum atomic E-state index is 4.35. The first-order valence-corrected chi connectivity index (χ1v) is 3.67. The number of hydrogen-bond donors (Lipinski definition) is 0. The van der Waals surface area contributed by atoms with Crippen molar-refractivity contribution in [2.75, 3.05) is 0 Å². The first kappa shape index (κ1) is 9.00. The summed E-state index contributed by atoms with van der Waals surface area (Å²) in [5, 5.41) is 0. The zero-order valence-electron chi connectivity index (χ0n) is 6.77. The van der Waals surface area contributed by atoms with Crippen LogP contribution in [0.15, 0.2) is 24.8 Å². The second-order valence-corrected chi connectivity index (χ2v) is 2.43. The van der Waals surface area contributed by atoms with Crippen LogP contribution in [-0.2, 0) is 6.42 Å². The molecule has 0 N–H and O–H groups in total. The summed E-state index contributed by atoms with van der Waals surface area (Å²) in [5.41, 5.74) is 2.03. The summed E-state index contributed by atoms with van der Waals surface area (Å²) in [6.45, 7) is 2.09. The Kier molecular flexibility index (Phi) is 2.65. The van der Waals surface area contributed by atoms with Crippen LogP contribution < -0.4 is 0 Å². The maximum absolute atomic E-state index is 4.35. The van der Waals surface area contributed by atoms with Gasteiger partial charge in [0, 0.05) is 11.9 Å². The average molecular weight is 184 g/mol. The van der Waals surface area contributed by atoms with Crippen LogP contribution in [-0.4, -0.2) is 14.4 Å². The van der Waals surface area contributed by atoms with Crippen LogP contribution in [0.2, 0.25) is 0 Å². The van der Waals surface area contributed by atoms with E-state index >= 15 is 0 Å². The van der Waals surface area contributed by atoms with Crippen LogP contribution in [0.5, 0.6) is 0 Å². The van der Waals surface area contributed by atoms with E-state index in [4.69, 9.17) is 0 Å². The quantitative estimate of drug-likeness (QED) is 0.674. The number of rotatable bonds is 1. The predicted molar refractivity (Wildman–Crippen MR) is 49.6 cm³/mol. The molecule has 0 unspecified atom stereocenters. The molecule has 2 aromatic heterocycles. The van der Waals surface area contributed by atoms with E-state index in [0.29, 0.717) is 0 Å². The fourth-order valence-corrected chi connectivity index (χ4v) is 1.05. The lowest BCUT2D eigenvalue weighted by atomic mass is 10.3. The Labute approximate surface area is 76.9 Å². The summed E-state index contributed by atoms with van der Waals surface area (Å²) in [7, 11) is 0. The molecule has 0 saturated carbocycles. The molecule has 0 saturated heterocycles. The summed E-state index contributed by atoms with van der Waals surface area (Å²) in [6, 6.07) is 2.01. The minimum Gasteiger partial charge on any atom is -0.291 e. The van der Waals surface area contributed by atoms with Gasteiger partial charge >= 0.3 is 0 Å². The summed E-state index contributed by atoms with van der Waals surface area (Å²) in [4.78, 5) is 8.33. The molecule has 0 atom stereocenters. The standard InChI is InChI=1S/C8H9N3.ClH/c1-2-7-3-4-11-6-9-5-8(11)10-7;/h3-6H,2H2,1H3;1H. The van der Waals surface area contributed by atoms with Gasteiger partial charge in [-0.3, -0.25) is 4.40 Å². The van der Waals surface area contributed by atoms with Gasteiger partial charge in [-0.25, -0.2) is 9.97 Å². The van der Waals surface area contributed by atoms with Gasteiger partial charge in [-0.1, -0.05) is 6.92 Å². The SMILES string of the molecule is CCc1ccn2cncc2n1.Cl. The molecule has 4 heteroatoms. The summed E-state index contributed by atoms with van der Waals surface area (Å²) in [5.74, 6) is 0. The number of hydrogen-bond acceptors (Lipinski definition) is 2. The number of fused-ring (bicyclic) bond motifs is 1. The molecule has 0 aliphatic carbocycles. The van der Waals surface area contributed by atoms with Crippen molar-refractivity contribution in [3.05, 3.63) is 30.5 Å². The third-order valence-electron chi connectivity index (χ3n) is 1.69. The summed E-state index contributed by atoms with van der Waals surface area (Å²) in [6.07, 6.45) is 6.47. The van der Waals surface area contributed by atoms with E-state index in [1.807, 2.05) is 16.7 Å². The number of nitrogens with zero attached hydrogens (tertiary/aromatic N) is 3. The van der Waals surface area contributed by atoms with Crippen molar-refractivity contribution < 1.29 is 0 Å². The maximum Gasteiger partial charge on any atom is 0.156 e. The Bertz CT molecular complexity index is 369. The summed E-state index contributed by atoms with van der Waals surface area (Å²) < 4.78 is 1.90. The van der Waals surface area contributed by atoms with E-state index in [9.17, 15) is 0 Å². The first-order valence-electron chi connectivity index (χ1n) is 3.67. The molecule has 2 aromatic rings. The van der Waals surface area contributed by atoms with Gasteiger partial charge in [0.2, 0.25) is 0 Å². The topological polar surface area (TPSA) is 30.2 Å². The minimum absolute atomic E-state index is 0. The lowest BCUT2D eigenvalue weighted by Gasteiger charge is -1.95. The molecule has 2 heterocycles. The lowest BCUT2D eigenvalue weighted by Crippen LogP contribution is -1.90. The van der Waals surface area contributed by atoms with Gasteiger partial charge in [-0.05, 0) is 12.5 Å². The van der Waals surface area contributed by atoms with Gasteiger partial charge in [0.05, 0.1) is 6.20 Å². The van der Waals surface area contributed by atoms with Crippen molar-refractivity contribution in [2.24, 2.45) is 0 Å². The zero-order valence-corrected chi connectivity index (χ0v) is 7.58. The van der Waals surface area contributed by atoms with Crippen LogP contribution in [0.4, 0.5) is 0 Å². The Morgan fingerprint density at radius 3 is 3.08 bits per heavy atom. The van der Waals surface area contributed by atoms with Gasteiger partial charge in [-0.15, -0.1) is 12.4 Å². The van der Waals surface area contributed by atoms with E-state index in [-0.39, 0.29) is 12.4 Å². The van der Waals surface area contributed by atoms with Crippen molar-refractivity contribution in [3.8, 4) is 0 Å². The number of aromatic nitrogens is 3. The van der Waals surface area contributed by atoms with Crippen LogP contribution in [0.3, 0.4) is 0 Å². The van der Waals surface area contributed by atoms with E-state index in [1.165, 1.54) is 0 Å². The van der Waals surface area contributed by atoms with Crippen molar-refractivity contribution in [1.82, 2.24) is 14.4 Å². The Balaban J connectivity index is 0.000000720. The predicted octanol–water partition coefficient (Wildman–Crippen LogP) is 1.71. The van der Waals surface area contributed by atoms with Gasteiger partial charge in [0.1, 0.15) is 6.33 Å². The van der Waals surface area contributed by atoms with Crippen LogP contribution >= 0.6 is 12.4 Å². The van der Waals surface area contributed by atoms with Crippen molar-refractivity contribution >= 4 is 18.1 Å². The van der Waals surface area contributed by atoms with E-state index in [0.717, 1.165) is 17.8 Å². The zero-order chi connectivity index (χ0) is 7.68. The van der Waals surface area contributed by atoms with Gasteiger partial charge in [-0.2, -0.15) is 0 Å². The van der Waals surface area contributed by atoms with Crippen molar-refractivity contribution in [2.45, 2.75) is 13.3 Å². The molecule has 64 valence electrons. The highest BCUT2D eigenvalue weighted by atomic mass is 35.5. The smallest absolute Gasteiger partial charge is 0.156 e. The molecule has 0 spiro atoms. The molecular weight excluding hydrogens is 174 g/mol. The van der Waals surface area contributed by atoms with Gasteiger partial charge < -0.3 is 0 Å². The third kappa shape index (κ3) is 1.41. The highest BCUT2D eigenvalue weighted by Gasteiger charge is 1.94. The molecule has 12 heavy (non-hydrogen) atoms. The van der Waals surface area contributed by atoms with Gasteiger partial charge in [0.15, 0.2) is 5.65 Å². The Morgan fingerprint density at radius 2 is 2.33 bits per heavy atom. The molecule has 0 amide bonds. The minimum atomic E-state index is 0. The highest BCUT2D eigenvalue weighted by molar-refractivity contribution is 5.85. The van der Waals surface area contributed by atoms with Crippen LogP contribution in [0.25, 0.3) is 5.65 Å². The second-order valence-electron chi connectivity index (χ2n) is 2.43. The molecule has 0 fully saturated rings. The molecule has 0 aliphatic heterocycles. The van der Waals surface area contributed by atoms with Crippen molar-refractivity contribution in [1.29, 1.82) is 0 Å². The fraction of sp³-hybridized carbons (Fsp3) is 0.250. The van der Waals surface area contributed by atoms with E-state index in [1.54, 1.807) is 12.5 Å². The molecule has 0 bridgehead atoms. The molecule has 0 radical (unpaired) electrons. The largest absolute Gasteiger partial charge is 0.291 e. The van der Waals surface area contributed by atoms with Crippen molar-refractivity contribution in [3.63, 3.8) is 0 Å². The molecule has 3 nitrogen and oxygen atoms in total. The molecule has 0 aliphatic rings. The second kappa shape index (κ2) is 3.54. The van der Waals surface area contributed by atoms with Gasteiger partial charge in [0.25, 0.3) is 0 Å². The monoisotopic (exact) mass is 183 g/mol.